The van der Waals surface area contributed by atoms with Gasteiger partial charge >= 0.3 is 5.97 Å². The van der Waals surface area contributed by atoms with Gasteiger partial charge in [0, 0.05) is 11.5 Å². The monoisotopic (exact) mass is 577 g/mol. The molecular weight excluding hydrogens is 538 g/mol. The van der Waals surface area contributed by atoms with Crippen molar-refractivity contribution >= 4 is 57.1 Å². The second kappa shape index (κ2) is 17.9. The zero-order chi connectivity index (χ0) is 28.7. The summed E-state index contributed by atoms with van der Waals surface area (Å²) < 4.78 is 0. The van der Waals surface area contributed by atoms with Crippen molar-refractivity contribution in [1.29, 1.82) is 0 Å². The van der Waals surface area contributed by atoms with Crippen LogP contribution in [0.3, 0.4) is 0 Å². The first-order valence-corrected chi connectivity index (χ1v) is 14.8. The Balaban J connectivity index is 3.14. The standard InChI is InChI=1S/C22H39N7O7S2/c1-12(2)7-15-21(34)29-16(22(35)36)11-38-37-10-13(24)19(32)26-8-17(30)25-9-18(31)27-14(20(33)28-15)5-3-4-6-23/h12-16H,3-11,23-24H2,1-2H3,(H,25,30)(H,26,32)(H,27,31)(H,28,33)(H,29,34)(H,35,36)/t13-,14-,15-,16-/m0/s1. The lowest BCUT2D eigenvalue weighted by atomic mass is 10.0. The van der Waals surface area contributed by atoms with Crippen molar-refractivity contribution in [2.45, 2.75) is 63.7 Å². The number of unbranched alkanes of at least 4 members (excludes halogenated alkanes) is 1. The molecule has 0 unspecified atom stereocenters. The minimum absolute atomic E-state index is 0.0158. The van der Waals surface area contributed by atoms with Gasteiger partial charge in [0.15, 0.2) is 0 Å². The number of amides is 5. The maximum absolute atomic E-state index is 13.1. The smallest absolute Gasteiger partial charge is 0.327 e. The van der Waals surface area contributed by atoms with Gasteiger partial charge in [-0.1, -0.05) is 35.4 Å². The number of nitrogens with one attached hydrogen (secondary N) is 5. The number of nitrogens with two attached hydrogens (primary N) is 2. The molecule has 4 atom stereocenters. The van der Waals surface area contributed by atoms with Crippen molar-refractivity contribution in [2.75, 3.05) is 31.1 Å². The van der Waals surface area contributed by atoms with Crippen LogP contribution in [-0.2, 0) is 28.8 Å². The maximum Gasteiger partial charge on any atom is 0.327 e. The Kier molecular flexibility index (Phi) is 15.7. The molecule has 16 heteroatoms. The molecule has 216 valence electrons. The molecule has 10 N–H and O–H groups in total. The Morgan fingerprint density at radius 2 is 1.53 bits per heavy atom. The van der Waals surface area contributed by atoms with E-state index in [-0.39, 0.29) is 30.3 Å². The van der Waals surface area contributed by atoms with Crippen LogP contribution >= 0.6 is 21.6 Å². The molecular formula is C22H39N7O7S2. The van der Waals surface area contributed by atoms with Crippen molar-refractivity contribution in [3.05, 3.63) is 0 Å². The van der Waals surface area contributed by atoms with E-state index in [9.17, 15) is 33.9 Å². The molecule has 1 rings (SSSR count). The van der Waals surface area contributed by atoms with E-state index < -0.39 is 72.8 Å². The van der Waals surface area contributed by atoms with Crippen LogP contribution in [0.4, 0.5) is 0 Å². The van der Waals surface area contributed by atoms with Gasteiger partial charge in [0.2, 0.25) is 29.5 Å². The van der Waals surface area contributed by atoms with Crippen molar-refractivity contribution < 1.29 is 33.9 Å². The van der Waals surface area contributed by atoms with Crippen LogP contribution < -0.4 is 38.1 Å². The Bertz CT molecular complexity index is 847. The van der Waals surface area contributed by atoms with E-state index in [1.807, 2.05) is 13.8 Å². The molecule has 1 heterocycles. The van der Waals surface area contributed by atoms with Gasteiger partial charge in [-0.15, -0.1) is 0 Å². The van der Waals surface area contributed by atoms with Crippen LogP contribution in [-0.4, -0.2) is 95.9 Å². The fourth-order valence-electron chi connectivity index (χ4n) is 3.28. The summed E-state index contributed by atoms with van der Waals surface area (Å²) in [5.41, 5.74) is 11.4. The van der Waals surface area contributed by atoms with Crippen LogP contribution in [0.1, 0.15) is 39.5 Å². The first-order valence-electron chi connectivity index (χ1n) is 12.3. The van der Waals surface area contributed by atoms with Crippen LogP contribution in [0.25, 0.3) is 0 Å². The molecule has 1 aliphatic heterocycles. The van der Waals surface area contributed by atoms with E-state index in [0.29, 0.717) is 19.4 Å². The van der Waals surface area contributed by atoms with E-state index in [1.165, 1.54) is 0 Å². The van der Waals surface area contributed by atoms with Crippen LogP contribution in [0.2, 0.25) is 0 Å². The zero-order valence-corrected chi connectivity index (χ0v) is 23.3. The molecule has 1 fully saturated rings. The van der Waals surface area contributed by atoms with E-state index in [0.717, 1.165) is 21.6 Å². The number of aliphatic carboxylic acids is 1. The van der Waals surface area contributed by atoms with Gasteiger partial charge < -0.3 is 43.2 Å². The Labute approximate surface area is 229 Å². The summed E-state index contributed by atoms with van der Waals surface area (Å²) in [6.07, 6.45) is 1.59. The summed E-state index contributed by atoms with van der Waals surface area (Å²) in [6.45, 7) is 3.24. The van der Waals surface area contributed by atoms with Gasteiger partial charge in [-0.25, -0.2) is 4.79 Å². The largest absolute Gasteiger partial charge is 0.480 e. The average Bonchev–Trinajstić information content (AvgIpc) is 2.85. The number of hydrogen-bond donors (Lipinski definition) is 8. The number of carbonyl (C=O) groups excluding carboxylic acids is 5. The van der Waals surface area contributed by atoms with Crippen LogP contribution in [0, 0.1) is 5.92 Å². The van der Waals surface area contributed by atoms with Gasteiger partial charge in [0.1, 0.15) is 18.1 Å². The summed E-state index contributed by atoms with van der Waals surface area (Å²) in [6, 6.07) is -4.28. The number of carbonyl (C=O) groups is 6. The lowest BCUT2D eigenvalue weighted by Crippen LogP contribution is -2.57. The molecule has 38 heavy (non-hydrogen) atoms. The van der Waals surface area contributed by atoms with Gasteiger partial charge in [-0.2, -0.15) is 0 Å². The fraction of sp³-hybridized carbons (Fsp3) is 0.727. The quantitative estimate of drug-likeness (QED) is 0.118. The Morgan fingerprint density at radius 3 is 2.16 bits per heavy atom. The molecule has 0 bridgehead atoms. The number of hydrogen-bond acceptors (Lipinski definition) is 10. The number of carboxylic acids is 1. The second-order valence-electron chi connectivity index (χ2n) is 9.16. The van der Waals surface area contributed by atoms with Crippen molar-refractivity contribution in [3.63, 3.8) is 0 Å². The average molecular weight is 578 g/mol. The van der Waals surface area contributed by atoms with E-state index in [4.69, 9.17) is 11.5 Å². The molecule has 0 spiro atoms. The summed E-state index contributed by atoms with van der Waals surface area (Å²) in [5, 5.41) is 22.0. The maximum atomic E-state index is 13.1. The minimum atomic E-state index is -1.26. The first-order chi connectivity index (χ1) is 17.9. The molecule has 0 aromatic carbocycles. The van der Waals surface area contributed by atoms with E-state index in [1.54, 1.807) is 0 Å². The third-order valence-electron chi connectivity index (χ3n) is 5.33. The van der Waals surface area contributed by atoms with Crippen LogP contribution in [0.15, 0.2) is 0 Å². The van der Waals surface area contributed by atoms with Gasteiger partial charge in [0.05, 0.1) is 19.1 Å². The fourth-order valence-corrected chi connectivity index (χ4v) is 5.56. The summed E-state index contributed by atoms with van der Waals surface area (Å²) in [4.78, 5) is 74.5. The molecule has 0 aromatic rings. The van der Waals surface area contributed by atoms with Gasteiger partial charge in [-0.3, -0.25) is 24.0 Å². The van der Waals surface area contributed by atoms with Crippen molar-refractivity contribution in [1.82, 2.24) is 26.6 Å². The van der Waals surface area contributed by atoms with Crippen LogP contribution in [0.5, 0.6) is 0 Å². The Morgan fingerprint density at radius 1 is 0.895 bits per heavy atom. The molecule has 0 aromatic heterocycles. The topological polar surface area (TPSA) is 235 Å². The third-order valence-corrected chi connectivity index (χ3v) is 7.77. The highest BCUT2D eigenvalue weighted by Gasteiger charge is 2.30. The summed E-state index contributed by atoms with van der Waals surface area (Å²) in [7, 11) is 2.26. The van der Waals surface area contributed by atoms with Crippen molar-refractivity contribution in [2.24, 2.45) is 17.4 Å². The van der Waals surface area contributed by atoms with E-state index in [2.05, 4.69) is 26.6 Å². The predicted molar refractivity (Wildman–Crippen MR) is 145 cm³/mol. The SMILES string of the molecule is CC(C)C[C@@H]1NC(=O)[C@H](CCCCN)NC(=O)CNC(=O)CNC(=O)[C@@H](N)CSSC[C@@H](C(=O)O)NC1=O. The normalized spacial score (nSPS) is 25.4. The molecule has 5 amide bonds. The molecule has 0 aliphatic carbocycles. The van der Waals surface area contributed by atoms with Gasteiger partial charge in [0.25, 0.3) is 0 Å². The van der Waals surface area contributed by atoms with Crippen molar-refractivity contribution in [3.8, 4) is 0 Å². The predicted octanol–water partition coefficient (Wildman–Crippen LogP) is -2.34. The molecule has 0 saturated carbocycles. The highest BCUT2D eigenvalue weighted by atomic mass is 33.1. The third kappa shape index (κ3) is 13.3. The zero-order valence-electron chi connectivity index (χ0n) is 21.6. The molecule has 1 saturated heterocycles. The molecule has 14 nitrogen and oxygen atoms in total. The highest BCUT2D eigenvalue weighted by molar-refractivity contribution is 8.76. The lowest BCUT2D eigenvalue weighted by molar-refractivity contribution is -0.141. The molecule has 0 radical (unpaired) electrons. The number of rotatable bonds is 7. The van der Waals surface area contributed by atoms with Gasteiger partial charge in [-0.05, 0) is 38.1 Å². The highest BCUT2D eigenvalue weighted by Crippen LogP contribution is 2.23. The molecule has 1 aliphatic rings. The Hall–Kier alpha value is -2.56. The first kappa shape index (κ1) is 33.5. The summed E-state index contributed by atoms with van der Waals surface area (Å²) in [5.74, 6) is -4.33. The second-order valence-corrected chi connectivity index (χ2v) is 11.7. The number of carboxylic acid groups (broad SMARTS) is 1. The minimum Gasteiger partial charge on any atom is -0.480 e. The lowest BCUT2D eigenvalue weighted by Gasteiger charge is -2.25. The van der Waals surface area contributed by atoms with E-state index >= 15 is 0 Å². The summed E-state index contributed by atoms with van der Waals surface area (Å²) >= 11 is 0.